The fourth-order valence-corrected chi connectivity index (χ4v) is 4.26. The first kappa shape index (κ1) is 35.1. The quantitative estimate of drug-likeness (QED) is 0.196. The van der Waals surface area contributed by atoms with E-state index in [4.69, 9.17) is 48.3 Å². The molecule has 1 aromatic carbocycles. The molecule has 5 N–H and O–H groups in total. The van der Waals surface area contributed by atoms with Crippen molar-refractivity contribution >= 4 is 46.6 Å². The Morgan fingerprint density at radius 2 is 1.69 bits per heavy atom. The molecule has 12 nitrogen and oxygen atoms in total. The molecule has 42 heavy (non-hydrogen) atoms. The fourth-order valence-electron chi connectivity index (χ4n) is 3.85. The van der Waals surface area contributed by atoms with Gasteiger partial charge in [-0.1, -0.05) is 12.1 Å². The molecule has 4 atom stereocenters. The molecule has 17 heteroatoms. The number of rotatable bonds is 12. The minimum Gasteiger partial charge on any atom is -0.475 e. The van der Waals surface area contributed by atoms with E-state index >= 15 is 0 Å². The fraction of sp³-hybridized carbons (Fsp3) is 0.520. The van der Waals surface area contributed by atoms with Crippen molar-refractivity contribution in [2.45, 2.75) is 50.0 Å². The van der Waals surface area contributed by atoms with E-state index in [9.17, 15) is 33.0 Å². The number of aromatic nitrogens is 2. The first-order valence-electron chi connectivity index (χ1n) is 12.6. The minimum atomic E-state index is -5.08. The van der Waals surface area contributed by atoms with Gasteiger partial charge in [0, 0.05) is 43.2 Å². The van der Waals surface area contributed by atoms with Crippen LogP contribution in [0.25, 0.3) is 0 Å². The summed E-state index contributed by atoms with van der Waals surface area (Å²) in [5.74, 6) is -2.15. The van der Waals surface area contributed by atoms with Gasteiger partial charge in [-0.15, -0.1) is 23.2 Å². The minimum absolute atomic E-state index is 0.0281. The van der Waals surface area contributed by atoms with Crippen LogP contribution in [0.3, 0.4) is 0 Å². The number of hydrogen-bond donors (Lipinski definition) is 4. The van der Waals surface area contributed by atoms with E-state index in [0.717, 1.165) is 15.8 Å². The number of halogens is 5. The molecule has 0 unspecified atom stereocenters. The Hall–Kier alpha value is -3.11. The smallest absolute Gasteiger partial charge is 0.475 e. The van der Waals surface area contributed by atoms with Crippen molar-refractivity contribution in [1.29, 1.82) is 0 Å². The number of anilines is 2. The lowest BCUT2D eigenvalue weighted by molar-refractivity contribution is -0.192. The number of carboxylic acids is 1. The van der Waals surface area contributed by atoms with Gasteiger partial charge in [0.1, 0.15) is 30.7 Å². The number of carbonyl (C=O) groups excluding carboxylic acids is 1. The van der Waals surface area contributed by atoms with Crippen LogP contribution >= 0.6 is 23.2 Å². The number of hydrogen-bond acceptors (Lipinski definition) is 10. The SMILES string of the molecule is Nc1ccn([C@@H]2O[C@H](COC(=O)CCCc3ccc(N(CCCl)CCCl)cc3)[C@@H](O)[C@@H]2O)c(=O)n1.O=C(O)C(F)(F)F. The highest BCUT2D eigenvalue weighted by molar-refractivity contribution is 6.18. The zero-order valence-electron chi connectivity index (χ0n) is 22.1. The number of carbonyl (C=O) groups is 2. The molecule has 0 aliphatic carbocycles. The third-order valence-corrected chi connectivity index (χ3v) is 6.31. The van der Waals surface area contributed by atoms with Crippen LogP contribution in [-0.2, 0) is 25.5 Å². The van der Waals surface area contributed by atoms with Gasteiger partial charge in [0.2, 0.25) is 0 Å². The maximum Gasteiger partial charge on any atom is 0.490 e. The standard InChI is InChI=1S/C23H30Cl2N4O6.C2HF3O2/c24-9-12-28(13-10-25)16-6-4-15(5-7-16)2-1-3-19(30)34-14-17-20(31)21(32)22(35-17)29-11-8-18(26)27-23(29)33;3-2(4,5)1(6)7/h4-8,11,17,20-22,31-32H,1-3,9-10,12-14H2,(H2,26,27,33);(H,6,7)/t17-,20-,21+,22-;/m1./s1. The first-order chi connectivity index (χ1) is 19.8. The number of nitrogens with zero attached hydrogens (tertiary/aromatic N) is 3. The number of benzene rings is 1. The Balaban J connectivity index is 0.000000782. The van der Waals surface area contributed by atoms with Crippen LogP contribution in [-0.4, -0.2) is 92.8 Å². The second-order valence-electron chi connectivity index (χ2n) is 8.96. The van der Waals surface area contributed by atoms with Gasteiger partial charge in [-0.05, 0) is 36.6 Å². The summed E-state index contributed by atoms with van der Waals surface area (Å²) in [5.41, 5.74) is 6.87. The van der Waals surface area contributed by atoms with Crippen LogP contribution in [0, 0.1) is 0 Å². The summed E-state index contributed by atoms with van der Waals surface area (Å²) in [6, 6.07) is 9.41. The number of aliphatic hydroxyl groups excluding tert-OH is 2. The summed E-state index contributed by atoms with van der Waals surface area (Å²) in [4.78, 5) is 38.8. The van der Waals surface area contributed by atoms with Gasteiger partial charge in [-0.3, -0.25) is 9.36 Å². The molecule has 1 saturated heterocycles. The monoisotopic (exact) mass is 642 g/mol. The van der Waals surface area contributed by atoms with Gasteiger partial charge in [0.25, 0.3) is 0 Å². The van der Waals surface area contributed by atoms with E-state index in [1.54, 1.807) is 0 Å². The van der Waals surface area contributed by atoms with E-state index in [2.05, 4.69) is 9.88 Å². The Bertz CT molecular complexity index is 1210. The molecular weight excluding hydrogens is 612 g/mol. The molecule has 1 fully saturated rings. The van der Waals surface area contributed by atoms with E-state index in [1.165, 1.54) is 12.3 Å². The summed E-state index contributed by atoms with van der Waals surface area (Å²) < 4.78 is 43.6. The predicted molar refractivity (Wildman–Crippen MR) is 147 cm³/mol. The zero-order chi connectivity index (χ0) is 31.4. The molecule has 1 aromatic heterocycles. The lowest BCUT2D eigenvalue weighted by atomic mass is 10.1. The third-order valence-electron chi connectivity index (χ3n) is 5.97. The largest absolute Gasteiger partial charge is 0.490 e. The highest BCUT2D eigenvalue weighted by atomic mass is 35.5. The second kappa shape index (κ2) is 16.5. The molecule has 1 aliphatic rings. The molecule has 1 aliphatic heterocycles. The van der Waals surface area contributed by atoms with Crippen molar-refractivity contribution in [1.82, 2.24) is 9.55 Å². The number of alkyl halides is 5. The second-order valence-corrected chi connectivity index (χ2v) is 9.72. The lowest BCUT2D eigenvalue weighted by Crippen LogP contribution is -2.36. The normalized spacial score (nSPS) is 20.0. The van der Waals surface area contributed by atoms with Gasteiger partial charge >= 0.3 is 23.8 Å². The van der Waals surface area contributed by atoms with Crippen molar-refractivity contribution in [3.8, 4) is 0 Å². The van der Waals surface area contributed by atoms with Crippen LogP contribution in [0.2, 0.25) is 0 Å². The Morgan fingerprint density at radius 1 is 1.10 bits per heavy atom. The van der Waals surface area contributed by atoms with Gasteiger partial charge in [0.05, 0.1) is 0 Å². The number of aliphatic hydroxyl groups is 2. The van der Waals surface area contributed by atoms with Crippen molar-refractivity contribution in [2.24, 2.45) is 0 Å². The van der Waals surface area contributed by atoms with Crippen LogP contribution in [0.5, 0.6) is 0 Å². The predicted octanol–water partition coefficient (Wildman–Crippen LogP) is 1.93. The van der Waals surface area contributed by atoms with Crippen LogP contribution in [0.15, 0.2) is 41.3 Å². The van der Waals surface area contributed by atoms with Crippen molar-refractivity contribution < 1.29 is 47.6 Å². The van der Waals surface area contributed by atoms with Crippen LogP contribution in [0.1, 0.15) is 24.6 Å². The number of aliphatic carboxylic acids is 1. The number of carboxylic acid groups (broad SMARTS) is 1. The number of nitrogens with two attached hydrogens (primary N) is 1. The van der Waals surface area contributed by atoms with Gasteiger partial charge in [0.15, 0.2) is 6.23 Å². The van der Waals surface area contributed by atoms with Gasteiger partial charge in [-0.2, -0.15) is 18.2 Å². The molecule has 234 valence electrons. The molecule has 0 amide bonds. The highest BCUT2D eigenvalue weighted by Crippen LogP contribution is 2.28. The summed E-state index contributed by atoms with van der Waals surface area (Å²) in [6.07, 6.45) is -7.19. The van der Waals surface area contributed by atoms with Crippen LogP contribution < -0.4 is 16.3 Å². The van der Waals surface area contributed by atoms with Crippen molar-refractivity contribution in [3.05, 3.63) is 52.6 Å². The average Bonchev–Trinajstić information content (AvgIpc) is 3.20. The number of esters is 1. The highest BCUT2D eigenvalue weighted by Gasteiger charge is 2.44. The van der Waals surface area contributed by atoms with Crippen molar-refractivity contribution in [2.75, 3.05) is 42.1 Å². The maximum absolute atomic E-state index is 12.2. The van der Waals surface area contributed by atoms with Gasteiger partial charge < -0.3 is 35.4 Å². The zero-order valence-corrected chi connectivity index (χ0v) is 23.6. The maximum atomic E-state index is 12.2. The summed E-state index contributed by atoms with van der Waals surface area (Å²) in [7, 11) is 0. The summed E-state index contributed by atoms with van der Waals surface area (Å²) >= 11 is 11.7. The Morgan fingerprint density at radius 3 is 2.21 bits per heavy atom. The Kier molecular flexibility index (Phi) is 13.8. The summed E-state index contributed by atoms with van der Waals surface area (Å²) in [5, 5.41) is 27.7. The number of aryl methyl sites for hydroxylation is 1. The van der Waals surface area contributed by atoms with Crippen LogP contribution in [0.4, 0.5) is 24.7 Å². The molecule has 0 spiro atoms. The topological polar surface area (TPSA) is 177 Å². The molecule has 0 bridgehead atoms. The molecule has 0 radical (unpaired) electrons. The van der Waals surface area contributed by atoms with Gasteiger partial charge in [-0.25, -0.2) is 9.59 Å². The lowest BCUT2D eigenvalue weighted by Gasteiger charge is -2.23. The average molecular weight is 643 g/mol. The molecule has 2 aromatic rings. The first-order valence-corrected chi connectivity index (χ1v) is 13.6. The molecular formula is C25H31Cl2F3N4O8. The summed E-state index contributed by atoms with van der Waals surface area (Å²) in [6.45, 7) is 1.17. The van der Waals surface area contributed by atoms with E-state index in [-0.39, 0.29) is 18.8 Å². The van der Waals surface area contributed by atoms with E-state index < -0.39 is 48.3 Å². The molecule has 3 rings (SSSR count). The molecule has 2 heterocycles. The molecule has 0 saturated carbocycles. The third kappa shape index (κ3) is 10.6. The van der Waals surface area contributed by atoms with E-state index in [1.807, 2.05) is 24.3 Å². The number of nitrogen functional groups attached to an aromatic ring is 1. The Labute approximate surface area is 248 Å². The number of ether oxygens (including phenoxy) is 2. The van der Waals surface area contributed by atoms with Crippen molar-refractivity contribution in [3.63, 3.8) is 0 Å². The van der Waals surface area contributed by atoms with E-state index in [0.29, 0.717) is 37.7 Å².